The third kappa shape index (κ3) is 11.4. The monoisotopic (exact) mass is 576 g/mol. The molecule has 2 heterocycles. The number of hydrogen-bond acceptors (Lipinski definition) is 6. The zero-order chi connectivity index (χ0) is 29.1. The fourth-order valence-corrected chi connectivity index (χ4v) is 4.76. The maximum Gasteiger partial charge on any atom is 0.490 e. The number of rotatable bonds is 7. The third-order valence-electron chi connectivity index (χ3n) is 6.21. The smallest absolute Gasteiger partial charge is 0.475 e. The van der Waals surface area contributed by atoms with Crippen molar-refractivity contribution in [1.29, 1.82) is 0 Å². The number of piperidine rings is 1. The van der Waals surface area contributed by atoms with E-state index >= 15 is 0 Å². The zero-order valence-corrected chi connectivity index (χ0v) is 22.3. The van der Waals surface area contributed by atoms with Crippen LogP contribution in [0.5, 0.6) is 0 Å². The van der Waals surface area contributed by atoms with Crippen LogP contribution in [0.4, 0.5) is 26.3 Å². The Bertz CT molecular complexity index is 856. The van der Waals surface area contributed by atoms with Gasteiger partial charge in [0.25, 0.3) is 0 Å². The molecule has 1 atom stereocenters. The molecule has 1 unspecified atom stereocenters. The molecule has 2 fully saturated rings. The molecule has 0 aromatic heterocycles. The molecule has 3 rings (SSSR count). The van der Waals surface area contributed by atoms with Crippen molar-refractivity contribution in [2.45, 2.75) is 68.6 Å². The number of thioether (sulfide) groups is 1. The minimum absolute atomic E-state index is 0.202. The number of benzene rings is 1. The van der Waals surface area contributed by atoms with E-state index < -0.39 is 24.3 Å². The molecule has 1 aromatic rings. The molecule has 0 aliphatic carbocycles. The number of likely N-dealkylation sites (tertiary alicyclic amines) is 1. The number of likely N-dealkylation sites (N-methyl/N-ethyl adjacent to an activating group) is 1. The van der Waals surface area contributed by atoms with Crippen LogP contribution in [0.15, 0.2) is 29.2 Å². The van der Waals surface area contributed by atoms with Crippen LogP contribution >= 0.6 is 11.8 Å². The van der Waals surface area contributed by atoms with E-state index in [1.54, 1.807) is 0 Å². The lowest BCUT2D eigenvalue weighted by Gasteiger charge is -2.53. The average Bonchev–Trinajstić information content (AvgIpc) is 2.82. The van der Waals surface area contributed by atoms with E-state index in [1.165, 1.54) is 42.8 Å². The van der Waals surface area contributed by atoms with Gasteiger partial charge in [0.1, 0.15) is 0 Å². The van der Waals surface area contributed by atoms with Gasteiger partial charge in [-0.25, -0.2) is 9.59 Å². The van der Waals surface area contributed by atoms with Gasteiger partial charge in [0, 0.05) is 37.5 Å². The van der Waals surface area contributed by atoms with Gasteiger partial charge in [0.15, 0.2) is 0 Å². The van der Waals surface area contributed by atoms with E-state index in [9.17, 15) is 26.3 Å². The first-order chi connectivity index (χ1) is 17.6. The van der Waals surface area contributed by atoms with Crippen LogP contribution in [0, 0.1) is 0 Å². The van der Waals surface area contributed by atoms with Crippen molar-refractivity contribution >= 4 is 23.7 Å². The van der Waals surface area contributed by atoms with Crippen LogP contribution in [0.2, 0.25) is 0 Å². The molecule has 2 aliphatic rings. The largest absolute Gasteiger partial charge is 0.490 e. The predicted octanol–water partition coefficient (Wildman–Crippen LogP) is 5.14. The van der Waals surface area contributed by atoms with Gasteiger partial charge in [-0.15, -0.1) is 11.8 Å². The molecule has 0 saturated carbocycles. The summed E-state index contributed by atoms with van der Waals surface area (Å²) in [7, 11) is 0. The van der Waals surface area contributed by atoms with E-state index in [2.05, 4.69) is 54.2 Å². The van der Waals surface area contributed by atoms with Gasteiger partial charge in [-0.2, -0.15) is 26.3 Å². The van der Waals surface area contributed by atoms with Gasteiger partial charge >= 0.3 is 24.3 Å². The summed E-state index contributed by atoms with van der Waals surface area (Å²) >= 11 is 1.85. The first-order valence-electron chi connectivity index (χ1n) is 11.9. The highest BCUT2D eigenvalue weighted by molar-refractivity contribution is 7.98. The number of alkyl halides is 6. The normalized spacial score (nSPS) is 19.1. The van der Waals surface area contributed by atoms with Crippen LogP contribution < -0.4 is 0 Å². The number of carbonyl (C=O) groups is 2. The summed E-state index contributed by atoms with van der Waals surface area (Å²) in [4.78, 5) is 24.3. The summed E-state index contributed by atoms with van der Waals surface area (Å²) in [5, 5.41) is 14.2. The lowest BCUT2D eigenvalue weighted by molar-refractivity contribution is -0.229. The van der Waals surface area contributed by atoms with Crippen molar-refractivity contribution < 1.29 is 50.9 Å². The van der Waals surface area contributed by atoms with Crippen LogP contribution in [-0.4, -0.2) is 95.0 Å². The zero-order valence-electron chi connectivity index (χ0n) is 21.4. The maximum atomic E-state index is 10.6. The molecular formula is C24H34F6N2O5S. The fourth-order valence-electron chi connectivity index (χ4n) is 4.15. The molecule has 1 spiro atoms. The predicted molar refractivity (Wildman–Crippen MR) is 130 cm³/mol. The summed E-state index contributed by atoms with van der Waals surface area (Å²) < 4.78 is 69.8. The second kappa shape index (κ2) is 14.9. The van der Waals surface area contributed by atoms with Crippen molar-refractivity contribution in [1.82, 2.24) is 9.80 Å². The van der Waals surface area contributed by atoms with Crippen LogP contribution in [0.3, 0.4) is 0 Å². The fraction of sp³-hybridized carbons (Fsp3) is 0.667. The first-order valence-corrected chi connectivity index (χ1v) is 13.1. The second-order valence-electron chi connectivity index (χ2n) is 8.81. The lowest BCUT2D eigenvalue weighted by Crippen LogP contribution is -2.59. The van der Waals surface area contributed by atoms with Gasteiger partial charge in [0.2, 0.25) is 0 Å². The Morgan fingerprint density at radius 3 is 1.87 bits per heavy atom. The third-order valence-corrected chi connectivity index (χ3v) is 7.05. The van der Waals surface area contributed by atoms with Gasteiger partial charge in [0.05, 0.1) is 11.7 Å². The Hall–Kier alpha value is -2.03. The Kier molecular flexibility index (Phi) is 13.4. The Balaban J connectivity index is 0.000000426. The number of carboxylic acids is 2. The van der Waals surface area contributed by atoms with Crippen molar-refractivity contribution in [2.24, 2.45) is 0 Å². The topological polar surface area (TPSA) is 90.3 Å². The molecule has 2 N–H and O–H groups in total. The molecule has 14 heteroatoms. The van der Waals surface area contributed by atoms with E-state index in [-0.39, 0.29) is 5.60 Å². The van der Waals surface area contributed by atoms with E-state index in [0.29, 0.717) is 6.10 Å². The number of nitrogens with zero attached hydrogens (tertiary/aromatic N) is 2. The van der Waals surface area contributed by atoms with E-state index in [0.717, 1.165) is 26.2 Å². The molecule has 2 saturated heterocycles. The maximum absolute atomic E-state index is 10.6. The molecule has 0 radical (unpaired) electrons. The minimum atomic E-state index is -5.08. The van der Waals surface area contributed by atoms with Crippen LogP contribution in [-0.2, 0) is 20.9 Å². The molecule has 7 nitrogen and oxygen atoms in total. The first kappa shape index (κ1) is 34.0. The number of carboxylic acid groups (broad SMARTS) is 2. The second-order valence-corrected chi connectivity index (χ2v) is 9.65. The highest BCUT2D eigenvalue weighted by Gasteiger charge is 2.47. The Labute approximate surface area is 222 Å². The van der Waals surface area contributed by atoms with Gasteiger partial charge in [-0.3, -0.25) is 4.90 Å². The Morgan fingerprint density at radius 2 is 1.47 bits per heavy atom. The molecule has 1 aromatic carbocycles. The summed E-state index contributed by atoms with van der Waals surface area (Å²) in [6.07, 6.45) is -3.87. The molecule has 0 amide bonds. The standard InChI is InChI=1S/C20H32N2OS.2C2HF3O2/c1-4-21(5-2)16-18-14-20(23-18)10-12-22(13-11-20)15-17-8-6-7-9-19(17)24-3;2*3-2(4,5)1(6)7/h6-9,18H,4-5,10-16H2,1-3H3;2*(H,6,7). The Morgan fingerprint density at radius 1 is 1.03 bits per heavy atom. The molecule has 2 aliphatic heterocycles. The van der Waals surface area contributed by atoms with Crippen LogP contribution in [0.25, 0.3) is 0 Å². The minimum Gasteiger partial charge on any atom is -0.475 e. The van der Waals surface area contributed by atoms with Crippen molar-refractivity contribution in [3.05, 3.63) is 29.8 Å². The van der Waals surface area contributed by atoms with Crippen molar-refractivity contribution in [2.75, 3.05) is 39.0 Å². The van der Waals surface area contributed by atoms with Crippen molar-refractivity contribution in [3.8, 4) is 0 Å². The molecule has 218 valence electrons. The van der Waals surface area contributed by atoms with Crippen LogP contribution in [0.1, 0.15) is 38.7 Å². The van der Waals surface area contributed by atoms with Gasteiger partial charge in [-0.05, 0) is 43.8 Å². The summed E-state index contributed by atoms with van der Waals surface area (Å²) in [5.41, 5.74) is 1.67. The van der Waals surface area contributed by atoms with Gasteiger partial charge < -0.3 is 19.8 Å². The van der Waals surface area contributed by atoms with Gasteiger partial charge in [-0.1, -0.05) is 32.0 Å². The average molecular weight is 577 g/mol. The van der Waals surface area contributed by atoms with E-state index in [1.807, 2.05) is 11.8 Å². The number of ether oxygens (including phenoxy) is 1. The van der Waals surface area contributed by atoms with E-state index in [4.69, 9.17) is 24.5 Å². The highest BCUT2D eigenvalue weighted by Crippen LogP contribution is 2.42. The molecule has 38 heavy (non-hydrogen) atoms. The number of aliphatic carboxylic acids is 2. The quantitative estimate of drug-likeness (QED) is 0.341. The summed E-state index contributed by atoms with van der Waals surface area (Å²) in [5.74, 6) is -5.51. The van der Waals surface area contributed by atoms with Crippen molar-refractivity contribution in [3.63, 3.8) is 0 Å². The molecule has 0 bridgehead atoms. The SMILES string of the molecule is CCN(CC)CC1CC2(CCN(Cc3ccccc3SC)CC2)O1.O=C(O)C(F)(F)F.O=C(O)C(F)(F)F. The number of hydrogen-bond donors (Lipinski definition) is 2. The highest BCUT2D eigenvalue weighted by atomic mass is 32.2. The summed E-state index contributed by atoms with van der Waals surface area (Å²) in [6, 6.07) is 8.81. The number of halogens is 6. The summed E-state index contributed by atoms with van der Waals surface area (Å²) in [6.45, 7) is 11.3. The lowest BCUT2D eigenvalue weighted by atomic mass is 9.80. The molecular weight excluding hydrogens is 542 g/mol.